The summed E-state index contributed by atoms with van der Waals surface area (Å²) >= 11 is 0.930. The van der Waals surface area contributed by atoms with Crippen LogP contribution in [0.15, 0.2) is 60.7 Å². The largest absolute Gasteiger partial charge is 0.507 e. The number of aromatic nitrogens is 1. The number of rotatable bonds is 7. The van der Waals surface area contributed by atoms with Crippen molar-refractivity contribution in [1.82, 2.24) is 4.98 Å². The maximum absolute atomic E-state index is 13.5. The van der Waals surface area contributed by atoms with Gasteiger partial charge in [-0.1, -0.05) is 42.2 Å². The molecule has 1 N–H and O–H groups in total. The number of amides is 1. The maximum atomic E-state index is 13.5. The normalized spacial score (nSPS) is 19.5. The van der Waals surface area contributed by atoms with Gasteiger partial charge in [-0.25, -0.2) is 9.78 Å². The highest BCUT2D eigenvalue weighted by Crippen LogP contribution is 2.46. The molecule has 0 bridgehead atoms. The summed E-state index contributed by atoms with van der Waals surface area (Å²) in [5.41, 5.74) is 1.99. The van der Waals surface area contributed by atoms with Crippen molar-refractivity contribution in [3.63, 3.8) is 0 Å². The Morgan fingerprint density at radius 1 is 1.28 bits per heavy atom. The highest BCUT2D eigenvalue weighted by atomic mass is 32.1. The molecule has 1 saturated heterocycles. The van der Waals surface area contributed by atoms with Crippen molar-refractivity contribution in [2.75, 3.05) is 18.6 Å². The second kappa shape index (κ2) is 10.4. The van der Waals surface area contributed by atoms with Gasteiger partial charge in [0.15, 0.2) is 5.13 Å². The molecule has 0 radical (unpaired) electrons. The highest BCUT2D eigenvalue weighted by molar-refractivity contribution is 7.17. The molecule has 39 heavy (non-hydrogen) atoms. The van der Waals surface area contributed by atoms with E-state index >= 15 is 0 Å². The Morgan fingerprint density at radius 2 is 2.05 bits per heavy atom. The number of carbonyl (C=O) groups excluding carboxylic acids is 3. The molecule has 0 saturated carbocycles. The average Bonchev–Trinajstić information content (AvgIpc) is 3.58. The van der Waals surface area contributed by atoms with E-state index < -0.39 is 23.7 Å². The lowest BCUT2D eigenvalue weighted by Gasteiger charge is -2.24. The van der Waals surface area contributed by atoms with Crippen LogP contribution < -0.4 is 14.4 Å². The number of hydrogen-bond donors (Lipinski definition) is 1. The summed E-state index contributed by atoms with van der Waals surface area (Å²) in [6, 6.07) is 11.0. The van der Waals surface area contributed by atoms with Gasteiger partial charge in [-0.3, -0.25) is 14.5 Å². The minimum atomic E-state index is -1.06. The van der Waals surface area contributed by atoms with Gasteiger partial charge in [0, 0.05) is 17.5 Å². The van der Waals surface area contributed by atoms with E-state index in [1.807, 2.05) is 6.92 Å². The number of fused-ring (bicyclic) bond motifs is 1. The van der Waals surface area contributed by atoms with Crippen LogP contribution in [-0.4, -0.2) is 47.6 Å². The van der Waals surface area contributed by atoms with Gasteiger partial charge in [0.2, 0.25) is 0 Å². The molecule has 0 aliphatic carbocycles. The van der Waals surface area contributed by atoms with Crippen molar-refractivity contribution in [3.8, 4) is 11.5 Å². The predicted molar refractivity (Wildman–Crippen MR) is 145 cm³/mol. The first-order valence-electron chi connectivity index (χ1n) is 12.2. The Bertz CT molecular complexity index is 1540. The number of ketones is 1. The van der Waals surface area contributed by atoms with Crippen molar-refractivity contribution < 1.29 is 33.7 Å². The van der Waals surface area contributed by atoms with Crippen molar-refractivity contribution in [2.45, 2.75) is 32.4 Å². The molecular formula is C29H26N2O7S. The number of ether oxygens (including phenoxy) is 3. The fraction of sp³-hybridized carbons (Fsp3) is 0.241. The molecule has 3 aromatic rings. The highest BCUT2D eigenvalue weighted by Gasteiger charge is 2.49. The number of aryl methyl sites for hydroxylation is 1. The lowest BCUT2D eigenvalue weighted by molar-refractivity contribution is -0.132. The van der Waals surface area contributed by atoms with Crippen LogP contribution in [-0.2, 0) is 20.7 Å². The van der Waals surface area contributed by atoms with Crippen LogP contribution in [0.25, 0.3) is 5.76 Å². The Labute approximate surface area is 229 Å². The van der Waals surface area contributed by atoms with Gasteiger partial charge in [-0.05, 0) is 43.7 Å². The number of para-hydroxylation sites is 1. The Morgan fingerprint density at radius 3 is 2.79 bits per heavy atom. The average molecular weight is 547 g/mol. The van der Waals surface area contributed by atoms with E-state index in [9.17, 15) is 19.5 Å². The molecule has 200 valence electrons. The SMILES string of the molecule is C=CCOC(=O)c1sc(N2C(=O)C(=O)C(=C(O)c3ccc4c(c3)CC(C)O4)C2c2ccccc2OC)nc1C. The van der Waals surface area contributed by atoms with Gasteiger partial charge < -0.3 is 19.3 Å². The first-order chi connectivity index (χ1) is 18.7. The number of nitrogens with zero attached hydrogens (tertiary/aromatic N) is 2. The lowest BCUT2D eigenvalue weighted by atomic mass is 9.94. The number of aliphatic hydroxyl groups excluding tert-OH is 1. The fourth-order valence-corrected chi connectivity index (χ4v) is 5.80. The molecule has 5 rings (SSSR count). The van der Waals surface area contributed by atoms with E-state index in [-0.39, 0.29) is 34.1 Å². The van der Waals surface area contributed by atoms with Crippen LogP contribution in [0.5, 0.6) is 11.5 Å². The fourth-order valence-electron chi connectivity index (χ4n) is 4.82. The molecule has 2 aliphatic heterocycles. The van der Waals surface area contributed by atoms with Crippen molar-refractivity contribution in [3.05, 3.63) is 88.0 Å². The summed E-state index contributed by atoms with van der Waals surface area (Å²) in [5, 5.41) is 11.6. The molecule has 0 spiro atoms. The topological polar surface area (TPSA) is 115 Å². The number of hydrogen-bond acceptors (Lipinski definition) is 9. The number of thiazole rings is 1. The van der Waals surface area contributed by atoms with Crippen LogP contribution in [0.2, 0.25) is 0 Å². The second-order valence-corrected chi connectivity index (χ2v) is 10.1. The van der Waals surface area contributed by atoms with Crippen LogP contribution in [0.1, 0.15) is 45.0 Å². The summed E-state index contributed by atoms with van der Waals surface area (Å²) in [6.07, 6.45) is 2.10. The third-order valence-electron chi connectivity index (χ3n) is 6.56. The van der Waals surface area contributed by atoms with Crippen molar-refractivity contribution >= 4 is 39.9 Å². The van der Waals surface area contributed by atoms with E-state index in [4.69, 9.17) is 14.2 Å². The lowest BCUT2D eigenvalue weighted by Crippen LogP contribution is -2.29. The van der Waals surface area contributed by atoms with E-state index in [1.54, 1.807) is 49.4 Å². The van der Waals surface area contributed by atoms with Gasteiger partial charge >= 0.3 is 11.9 Å². The molecule has 10 heteroatoms. The third-order valence-corrected chi connectivity index (χ3v) is 7.69. The number of Topliss-reactive ketones (excluding diaryl/α,β-unsaturated/α-hetero) is 1. The summed E-state index contributed by atoms with van der Waals surface area (Å²) in [6.45, 7) is 7.12. The molecule has 2 atom stereocenters. The first kappa shape index (κ1) is 26.2. The number of aliphatic hydroxyl groups is 1. The Kier molecular flexibility index (Phi) is 6.96. The van der Waals surface area contributed by atoms with Crippen LogP contribution in [0.3, 0.4) is 0 Å². The van der Waals surface area contributed by atoms with Gasteiger partial charge in [0.05, 0.1) is 18.4 Å². The molecule has 1 amide bonds. The quantitative estimate of drug-likeness (QED) is 0.148. The van der Waals surface area contributed by atoms with Gasteiger partial charge in [-0.15, -0.1) is 0 Å². The van der Waals surface area contributed by atoms with Crippen LogP contribution >= 0.6 is 11.3 Å². The van der Waals surface area contributed by atoms with Crippen LogP contribution in [0, 0.1) is 6.92 Å². The summed E-state index contributed by atoms with van der Waals surface area (Å²) in [5.74, 6) is -1.57. The number of methoxy groups -OCH3 is 1. The van der Waals surface area contributed by atoms with Crippen molar-refractivity contribution in [1.29, 1.82) is 0 Å². The van der Waals surface area contributed by atoms with Gasteiger partial charge in [0.25, 0.3) is 5.78 Å². The minimum Gasteiger partial charge on any atom is -0.507 e. The molecule has 2 aliphatic rings. The summed E-state index contributed by atoms with van der Waals surface area (Å²) in [7, 11) is 1.48. The number of esters is 1. The Balaban J connectivity index is 1.67. The Hall–Kier alpha value is -4.44. The molecule has 1 fully saturated rings. The zero-order chi connectivity index (χ0) is 27.8. The molecule has 1 aromatic heterocycles. The zero-order valence-corrected chi connectivity index (χ0v) is 22.4. The van der Waals surface area contributed by atoms with Gasteiger partial charge in [-0.2, -0.15) is 0 Å². The standard InChI is InChI=1S/C29H26N2O7S/c1-5-12-37-28(35)26-16(3)30-29(39-26)31-23(19-8-6-7-9-21(19)36-4)22(25(33)27(31)34)24(32)17-10-11-20-18(14-17)13-15(2)38-20/h5-11,14-15,23,32H,1,12-13H2,2-4H3. The second-order valence-electron chi connectivity index (χ2n) is 9.16. The summed E-state index contributed by atoms with van der Waals surface area (Å²) < 4.78 is 16.5. The number of benzene rings is 2. The van der Waals surface area contributed by atoms with E-state index in [0.717, 1.165) is 22.6 Å². The smallest absolute Gasteiger partial charge is 0.350 e. The van der Waals surface area contributed by atoms with Crippen LogP contribution in [0.4, 0.5) is 5.13 Å². The molecule has 3 heterocycles. The maximum Gasteiger partial charge on any atom is 0.350 e. The van der Waals surface area contributed by atoms with E-state index in [1.165, 1.54) is 18.1 Å². The van der Waals surface area contributed by atoms with Gasteiger partial charge in [0.1, 0.15) is 40.9 Å². The minimum absolute atomic E-state index is 0.00272. The molecule has 9 nitrogen and oxygen atoms in total. The predicted octanol–water partition coefficient (Wildman–Crippen LogP) is 4.75. The molecule has 2 aromatic carbocycles. The molecular weight excluding hydrogens is 520 g/mol. The zero-order valence-electron chi connectivity index (χ0n) is 21.6. The summed E-state index contributed by atoms with van der Waals surface area (Å²) in [4.78, 5) is 45.5. The van der Waals surface area contributed by atoms with E-state index in [2.05, 4.69) is 11.6 Å². The molecule has 2 unspecified atom stereocenters. The number of anilines is 1. The third kappa shape index (κ3) is 4.57. The number of carbonyl (C=O) groups is 3. The first-order valence-corrected chi connectivity index (χ1v) is 13.1. The monoisotopic (exact) mass is 546 g/mol. The van der Waals surface area contributed by atoms with E-state index in [0.29, 0.717) is 29.0 Å². The van der Waals surface area contributed by atoms with Crippen molar-refractivity contribution in [2.24, 2.45) is 0 Å².